The molecule has 0 N–H and O–H groups in total. The molecule has 8 nitrogen and oxygen atoms in total. The van der Waals surface area contributed by atoms with Crippen LogP contribution in [0.4, 0.5) is 0 Å². The summed E-state index contributed by atoms with van der Waals surface area (Å²) in [4.78, 5) is 23.6. The van der Waals surface area contributed by atoms with E-state index < -0.39 is 0 Å². The van der Waals surface area contributed by atoms with Gasteiger partial charge < -0.3 is 4.90 Å². The third-order valence-corrected chi connectivity index (χ3v) is 4.68. The van der Waals surface area contributed by atoms with E-state index in [0.717, 1.165) is 18.1 Å². The maximum atomic E-state index is 12.9. The zero-order valence-electron chi connectivity index (χ0n) is 13.2. The number of rotatable bonds is 2. The first-order chi connectivity index (χ1) is 11.8. The Kier molecular flexibility index (Phi) is 2.91. The summed E-state index contributed by atoms with van der Waals surface area (Å²) in [7, 11) is 0. The van der Waals surface area contributed by atoms with Crippen LogP contribution in [0.1, 0.15) is 40.9 Å². The molecule has 24 heavy (non-hydrogen) atoms. The van der Waals surface area contributed by atoms with E-state index in [2.05, 4.69) is 20.2 Å². The lowest BCUT2D eigenvalue weighted by molar-refractivity contribution is 0.0750. The Bertz CT molecular complexity index is 898. The molecule has 0 aromatic carbocycles. The fourth-order valence-electron chi connectivity index (χ4n) is 3.17. The number of carbonyl (C=O) groups excluding carboxylic acids is 1. The number of imidazole rings is 1. The van der Waals surface area contributed by atoms with E-state index in [-0.39, 0.29) is 5.91 Å². The molecule has 3 aromatic heterocycles. The van der Waals surface area contributed by atoms with Gasteiger partial charge in [-0.2, -0.15) is 10.2 Å². The fraction of sp³-hybridized carbons (Fsp3) is 0.438. The Balaban J connectivity index is 1.38. The normalized spacial score (nSPS) is 17.8. The van der Waals surface area contributed by atoms with Gasteiger partial charge in [-0.1, -0.05) is 0 Å². The highest BCUT2D eigenvalue weighted by atomic mass is 16.2. The molecule has 8 heteroatoms. The molecule has 0 atom stereocenters. The van der Waals surface area contributed by atoms with Crippen LogP contribution in [0.3, 0.4) is 0 Å². The minimum Gasteiger partial charge on any atom is -0.335 e. The van der Waals surface area contributed by atoms with Crippen molar-refractivity contribution in [1.82, 2.24) is 34.3 Å². The van der Waals surface area contributed by atoms with Crippen molar-refractivity contribution < 1.29 is 4.79 Å². The molecular formula is C16H17N7O. The summed E-state index contributed by atoms with van der Waals surface area (Å²) in [6.45, 7) is 1.95. The van der Waals surface area contributed by atoms with Crippen molar-refractivity contribution >= 4 is 11.6 Å². The highest BCUT2D eigenvalue weighted by Crippen LogP contribution is 2.38. The molecule has 0 radical (unpaired) electrons. The zero-order chi connectivity index (χ0) is 16.1. The third kappa shape index (κ3) is 2.17. The highest BCUT2D eigenvalue weighted by Gasteiger charge is 2.30. The van der Waals surface area contributed by atoms with Gasteiger partial charge in [0.05, 0.1) is 12.7 Å². The van der Waals surface area contributed by atoms with E-state index >= 15 is 0 Å². The standard InChI is InChI=1S/C16H17N7O/c24-16(12-10-17-13-2-1-6-18-23(12)13)21-7-5-14-19-15(11-3-4-11)20-22(14)9-8-21/h1-2,6,10-11H,3-5,7-9H2. The number of amides is 1. The Morgan fingerprint density at radius 3 is 3.00 bits per heavy atom. The molecule has 1 aliphatic heterocycles. The van der Waals surface area contributed by atoms with Crippen molar-refractivity contribution in [3.05, 3.63) is 41.9 Å². The van der Waals surface area contributed by atoms with E-state index in [9.17, 15) is 4.79 Å². The predicted molar refractivity (Wildman–Crippen MR) is 84.6 cm³/mol. The van der Waals surface area contributed by atoms with Crippen LogP contribution in [-0.2, 0) is 13.0 Å². The maximum absolute atomic E-state index is 12.9. The molecule has 3 aromatic rings. The van der Waals surface area contributed by atoms with Crippen LogP contribution in [0.2, 0.25) is 0 Å². The van der Waals surface area contributed by atoms with E-state index in [1.54, 1.807) is 16.9 Å². The van der Waals surface area contributed by atoms with Crippen molar-refractivity contribution in [1.29, 1.82) is 0 Å². The number of hydrogen-bond donors (Lipinski definition) is 0. The average molecular weight is 323 g/mol. The third-order valence-electron chi connectivity index (χ3n) is 4.68. The maximum Gasteiger partial charge on any atom is 0.274 e. The number of nitrogens with zero attached hydrogens (tertiary/aromatic N) is 7. The molecule has 2 aliphatic rings. The Labute approximate surface area is 138 Å². The van der Waals surface area contributed by atoms with E-state index in [4.69, 9.17) is 0 Å². The van der Waals surface area contributed by atoms with Gasteiger partial charge in [-0.25, -0.2) is 19.2 Å². The minimum absolute atomic E-state index is 0.0469. The summed E-state index contributed by atoms with van der Waals surface area (Å²) in [6.07, 6.45) is 6.39. The number of fused-ring (bicyclic) bond motifs is 2. The molecule has 4 heterocycles. The summed E-state index contributed by atoms with van der Waals surface area (Å²) in [6, 6.07) is 3.65. The molecular weight excluding hydrogens is 306 g/mol. The first-order valence-corrected chi connectivity index (χ1v) is 8.31. The van der Waals surface area contributed by atoms with Crippen molar-refractivity contribution in [2.24, 2.45) is 0 Å². The molecule has 122 valence electrons. The van der Waals surface area contributed by atoms with Gasteiger partial charge in [0.15, 0.2) is 17.2 Å². The smallest absolute Gasteiger partial charge is 0.274 e. The molecule has 5 rings (SSSR count). The Morgan fingerprint density at radius 2 is 2.12 bits per heavy atom. The molecule has 1 fully saturated rings. The zero-order valence-corrected chi connectivity index (χ0v) is 13.2. The molecule has 0 unspecified atom stereocenters. The van der Waals surface area contributed by atoms with Gasteiger partial charge in [-0.05, 0) is 25.0 Å². The summed E-state index contributed by atoms with van der Waals surface area (Å²) in [5, 5.41) is 8.84. The van der Waals surface area contributed by atoms with Gasteiger partial charge >= 0.3 is 0 Å². The van der Waals surface area contributed by atoms with Crippen LogP contribution in [0, 0.1) is 0 Å². The van der Waals surface area contributed by atoms with Crippen LogP contribution in [-0.4, -0.2) is 53.3 Å². The molecule has 0 saturated heterocycles. The molecule has 1 saturated carbocycles. The van der Waals surface area contributed by atoms with Crippen molar-refractivity contribution in [3.8, 4) is 0 Å². The van der Waals surface area contributed by atoms with Crippen LogP contribution in [0.5, 0.6) is 0 Å². The minimum atomic E-state index is -0.0469. The largest absolute Gasteiger partial charge is 0.335 e. The van der Waals surface area contributed by atoms with E-state index in [0.29, 0.717) is 36.9 Å². The molecule has 0 spiro atoms. The van der Waals surface area contributed by atoms with Crippen LogP contribution >= 0.6 is 0 Å². The quantitative estimate of drug-likeness (QED) is 0.700. The second-order valence-corrected chi connectivity index (χ2v) is 6.36. The fourth-order valence-corrected chi connectivity index (χ4v) is 3.17. The van der Waals surface area contributed by atoms with Gasteiger partial charge in [0.1, 0.15) is 5.82 Å². The van der Waals surface area contributed by atoms with Crippen LogP contribution in [0.15, 0.2) is 24.5 Å². The van der Waals surface area contributed by atoms with Gasteiger partial charge in [-0.15, -0.1) is 0 Å². The lowest BCUT2D eigenvalue weighted by atomic mass is 10.3. The molecule has 0 bridgehead atoms. The SMILES string of the molecule is O=C(c1cnc2cccnn12)N1CCc2nc(C3CC3)nn2CC1. The number of hydrogen-bond acceptors (Lipinski definition) is 5. The average Bonchev–Trinajstić information content (AvgIpc) is 3.30. The summed E-state index contributed by atoms with van der Waals surface area (Å²) in [5.74, 6) is 2.49. The van der Waals surface area contributed by atoms with E-state index in [1.165, 1.54) is 12.8 Å². The van der Waals surface area contributed by atoms with Crippen molar-refractivity contribution in [2.75, 3.05) is 13.1 Å². The van der Waals surface area contributed by atoms with Crippen molar-refractivity contribution in [2.45, 2.75) is 31.7 Å². The topological polar surface area (TPSA) is 81.2 Å². The summed E-state index contributed by atoms with van der Waals surface area (Å²) >= 11 is 0. The van der Waals surface area contributed by atoms with Gasteiger partial charge in [-0.3, -0.25) is 4.79 Å². The van der Waals surface area contributed by atoms with Gasteiger partial charge in [0.2, 0.25) is 0 Å². The van der Waals surface area contributed by atoms with Crippen LogP contribution in [0.25, 0.3) is 5.65 Å². The summed E-state index contributed by atoms with van der Waals surface area (Å²) in [5.41, 5.74) is 1.18. The Hall–Kier alpha value is -2.77. The number of aromatic nitrogens is 6. The monoisotopic (exact) mass is 323 g/mol. The second kappa shape index (κ2) is 5.12. The first kappa shape index (κ1) is 13.6. The highest BCUT2D eigenvalue weighted by molar-refractivity contribution is 5.93. The van der Waals surface area contributed by atoms with E-state index in [1.807, 2.05) is 21.7 Å². The first-order valence-electron chi connectivity index (χ1n) is 8.31. The van der Waals surface area contributed by atoms with Crippen molar-refractivity contribution in [3.63, 3.8) is 0 Å². The Morgan fingerprint density at radius 1 is 1.21 bits per heavy atom. The lowest BCUT2D eigenvalue weighted by Crippen LogP contribution is -2.34. The molecule has 1 aliphatic carbocycles. The van der Waals surface area contributed by atoms with Gasteiger partial charge in [0.25, 0.3) is 5.91 Å². The number of carbonyl (C=O) groups is 1. The van der Waals surface area contributed by atoms with Gasteiger partial charge in [0, 0.05) is 31.6 Å². The molecule has 1 amide bonds. The van der Waals surface area contributed by atoms with Crippen LogP contribution < -0.4 is 0 Å². The second-order valence-electron chi connectivity index (χ2n) is 6.36. The summed E-state index contributed by atoms with van der Waals surface area (Å²) < 4.78 is 3.56. The predicted octanol–water partition coefficient (Wildman–Crippen LogP) is 0.897. The lowest BCUT2D eigenvalue weighted by Gasteiger charge is -2.19.